The lowest BCUT2D eigenvalue weighted by Gasteiger charge is -2.05. The fourth-order valence-corrected chi connectivity index (χ4v) is 0.820. The molecule has 1 aromatic rings. The number of nitriles is 1. The summed E-state index contributed by atoms with van der Waals surface area (Å²) in [6, 6.07) is 4.70. The Hall–Kier alpha value is -1.60. The van der Waals surface area contributed by atoms with Crippen molar-refractivity contribution in [2.75, 3.05) is 0 Å². The Morgan fingerprint density at radius 1 is 1.67 bits per heavy atom. The molecule has 4 heteroatoms. The van der Waals surface area contributed by atoms with Gasteiger partial charge in [0.25, 0.3) is 0 Å². The molecule has 0 fully saturated rings. The largest absolute Gasteiger partial charge is 0.506 e. The second kappa shape index (κ2) is 3.69. The van der Waals surface area contributed by atoms with Crippen molar-refractivity contribution in [3.05, 3.63) is 24.0 Å². The van der Waals surface area contributed by atoms with E-state index in [-0.39, 0.29) is 18.2 Å². The van der Waals surface area contributed by atoms with E-state index in [1.54, 1.807) is 6.07 Å². The molecule has 3 N–H and O–H groups in total. The Balaban J connectivity index is 2.76. The molecule has 4 nitrogen and oxygen atoms in total. The summed E-state index contributed by atoms with van der Waals surface area (Å²) in [7, 11) is 0. The molecule has 1 atom stereocenters. The Bertz CT molecular complexity index is 288. The lowest BCUT2D eigenvalue weighted by molar-refractivity contribution is 0.471. The highest BCUT2D eigenvalue weighted by Crippen LogP contribution is 2.13. The number of hydrogen-bond acceptors (Lipinski definition) is 4. The lowest BCUT2D eigenvalue weighted by atomic mass is 10.1. The maximum atomic E-state index is 8.90. The molecule has 1 aromatic heterocycles. The number of aromatic hydroxyl groups is 1. The van der Waals surface area contributed by atoms with E-state index in [1.807, 2.05) is 6.07 Å². The normalized spacial score (nSPS) is 12.0. The minimum absolute atomic E-state index is 0.0999. The second-order valence-corrected chi connectivity index (χ2v) is 2.41. The number of nitrogens with zero attached hydrogens (tertiary/aromatic N) is 2. The zero-order valence-corrected chi connectivity index (χ0v) is 6.44. The van der Waals surface area contributed by atoms with Crippen molar-refractivity contribution in [3.63, 3.8) is 0 Å². The first-order valence-corrected chi connectivity index (χ1v) is 3.51. The average molecular weight is 163 g/mol. The van der Waals surface area contributed by atoms with Crippen LogP contribution in [-0.4, -0.2) is 10.1 Å². The Kier molecular flexibility index (Phi) is 2.62. The predicted octanol–water partition coefficient (Wildman–Crippen LogP) is 0.701. The number of rotatable bonds is 2. The third kappa shape index (κ3) is 1.94. The molecular formula is C8H9N3O. The number of pyridine rings is 1. The van der Waals surface area contributed by atoms with Gasteiger partial charge in [0.2, 0.25) is 0 Å². The summed E-state index contributed by atoms with van der Waals surface area (Å²) in [5, 5.41) is 17.2. The third-order valence-electron chi connectivity index (χ3n) is 1.46. The van der Waals surface area contributed by atoms with E-state index in [0.717, 1.165) is 0 Å². The van der Waals surface area contributed by atoms with Gasteiger partial charge >= 0.3 is 0 Å². The van der Waals surface area contributed by atoms with Gasteiger partial charge in [-0.15, -0.1) is 0 Å². The summed E-state index contributed by atoms with van der Waals surface area (Å²) in [4.78, 5) is 3.87. The zero-order chi connectivity index (χ0) is 8.97. The van der Waals surface area contributed by atoms with Crippen molar-refractivity contribution < 1.29 is 5.11 Å². The molecular weight excluding hydrogens is 154 g/mol. The maximum Gasteiger partial charge on any atom is 0.133 e. The van der Waals surface area contributed by atoms with Crippen LogP contribution in [-0.2, 0) is 0 Å². The van der Waals surface area contributed by atoms with Gasteiger partial charge in [-0.1, -0.05) is 0 Å². The van der Waals surface area contributed by atoms with Crippen LogP contribution in [0.2, 0.25) is 0 Å². The molecule has 0 saturated heterocycles. The van der Waals surface area contributed by atoms with Crippen molar-refractivity contribution >= 4 is 0 Å². The highest BCUT2D eigenvalue weighted by molar-refractivity contribution is 5.20. The van der Waals surface area contributed by atoms with Gasteiger partial charge in [0, 0.05) is 0 Å². The Labute approximate surface area is 70.3 Å². The van der Waals surface area contributed by atoms with E-state index in [9.17, 15) is 0 Å². The molecule has 12 heavy (non-hydrogen) atoms. The van der Waals surface area contributed by atoms with E-state index in [0.29, 0.717) is 5.69 Å². The first-order chi connectivity index (χ1) is 5.74. The smallest absolute Gasteiger partial charge is 0.133 e. The topological polar surface area (TPSA) is 82.9 Å². The van der Waals surface area contributed by atoms with Crippen LogP contribution in [0.15, 0.2) is 18.3 Å². The zero-order valence-electron chi connectivity index (χ0n) is 6.44. The van der Waals surface area contributed by atoms with Crippen molar-refractivity contribution in [2.45, 2.75) is 12.5 Å². The van der Waals surface area contributed by atoms with Crippen LogP contribution >= 0.6 is 0 Å². The maximum absolute atomic E-state index is 8.90. The average Bonchev–Trinajstić information content (AvgIpc) is 2.06. The number of hydrogen-bond donors (Lipinski definition) is 2. The van der Waals surface area contributed by atoms with Crippen LogP contribution in [0.4, 0.5) is 0 Å². The monoisotopic (exact) mass is 163 g/mol. The summed E-state index contributed by atoms with van der Waals surface area (Å²) in [5.41, 5.74) is 6.21. The van der Waals surface area contributed by atoms with Crippen molar-refractivity contribution in [1.82, 2.24) is 4.98 Å². The van der Waals surface area contributed by atoms with E-state index in [1.165, 1.54) is 12.3 Å². The van der Waals surface area contributed by atoms with E-state index >= 15 is 0 Å². The summed E-state index contributed by atoms with van der Waals surface area (Å²) in [5.74, 6) is 0.0999. The minimum Gasteiger partial charge on any atom is -0.506 e. The van der Waals surface area contributed by atoms with Gasteiger partial charge in [-0.25, -0.2) is 0 Å². The predicted molar refractivity (Wildman–Crippen MR) is 43.1 cm³/mol. The highest BCUT2D eigenvalue weighted by atomic mass is 16.3. The standard InChI is InChI=1S/C8H9N3O/c9-4-3-7(10)8-2-1-6(12)5-11-8/h1-2,5,7,12H,3,10H2. The molecule has 0 saturated carbocycles. The molecule has 1 heterocycles. The molecule has 62 valence electrons. The van der Waals surface area contributed by atoms with E-state index in [2.05, 4.69) is 4.98 Å². The Morgan fingerprint density at radius 3 is 2.92 bits per heavy atom. The second-order valence-electron chi connectivity index (χ2n) is 2.41. The molecule has 0 amide bonds. The van der Waals surface area contributed by atoms with Gasteiger partial charge in [-0.2, -0.15) is 5.26 Å². The molecule has 0 aromatic carbocycles. The first kappa shape index (κ1) is 8.50. The highest BCUT2D eigenvalue weighted by Gasteiger charge is 2.05. The molecule has 1 unspecified atom stereocenters. The van der Waals surface area contributed by atoms with Crippen molar-refractivity contribution in [2.24, 2.45) is 5.73 Å². The summed E-state index contributed by atoms with van der Waals surface area (Å²) >= 11 is 0. The SMILES string of the molecule is N#CCC(N)c1ccc(O)cn1. The molecule has 0 aliphatic heterocycles. The van der Waals surface area contributed by atoms with Gasteiger partial charge in [0.05, 0.1) is 30.4 Å². The third-order valence-corrected chi connectivity index (χ3v) is 1.46. The summed E-state index contributed by atoms with van der Waals surface area (Å²) < 4.78 is 0. The molecule has 1 rings (SSSR count). The number of nitrogens with two attached hydrogens (primary N) is 1. The van der Waals surface area contributed by atoms with Gasteiger partial charge in [0.1, 0.15) is 5.75 Å². The van der Waals surface area contributed by atoms with Crippen molar-refractivity contribution in [1.29, 1.82) is 5.26 Å². The van der Waals surface area contributed by atoms with Crippen LogP contribution in [0.5, 0.6) is 5.75 Å². The quantitative estimate of drug-likeness (QED) is 0.672. The van der Waals surface area contributed by atoms with Crippen molar-refractivity contribution in [3.8, 4) is 11.8 Å². The Morgan fingerprint density at radius 2 is 2.42 bits per heavy atom. The van der Waals surface area contributed by atoms with E-state index < -0.39 is 0 Å². The first-order valence-electron chi connectivity index (χ1n) is 3.51. The fraction of sp³-hybridized carbons (Fsp3) is 0.250. The summed E-state index contributed by atoms with van der Waals surface area (Å²) in [6.45, 7) is 0. The number of aromatic nitrogens is 1. The van der Waals surface area contributed by atoms with Gasteiger partial charge < -0.3 is 10.8 Å². The lowest BCUT2D eigenvalue weighted by Crippen LogP contribution is -2.10. The van der Waals surface area contributed by atoms with Crippen LogP contribution in [0.25, 0.3) is 0 Å². The minimum atomic E-state index is -0.365. The molecule has 0 aliphatic carbocycles. The fourth-order valence-electron chi connectivity index (χ4n) is 0.820. The van der Waals surface area contributed by atoms with Gasteiger partial charge in [-0.3, -0.25) is 4.98 Å². The summed E-state index contributed by atoms with van der Waals surface area (Å²) in [6.07, 6.45) is 1.55. The van der Waals surface area contributed by atoms with Gasteiger partial charge in [0.15, 0.2) is 0 Å². The van der Waals surface area contributed by atoms with Crippen LogP contribution in [0.1, 0.15) is 18.2 Å². The molecule has 0 aliphatic rings. The molecule has 0 bridgehead atoms. The van der Waals surface area contributed by atoms with Crippen LogP contribution < -0.4 is 5.73 Å². The van der Waals surface area contributed by atoms with Gasteiger partial charge in [-0.05, 0) is 12.1 Å². The van der Waals surface area contributed by atoms with Crippen LogP contribution in [0, 0.1) is 11.3 Å². The molecule has 0 radical (unpaired) electrons. The van der Waals surface area contributed by atoms with Crippen LogP contribution in [0.3, 0.4) is 0 Å². The molecule has 0 spiro atoms. The van der Waals surface area contributed by atoms with E-state index in [4.69, 9.17) is 16.1 Å².